The summed E-state index contributed by atoms with van der Waals surface area (Å²) in [5.74, 6) is 0. The molecule has 0 aliphatic carbocycles. The van der Waals surface area contributed by atoms with Gasteiger partial charge >= 0.3 is 0 Å². The number of pyridine rings is 1. The molecule has 1 aromatic heterocycles. The molecule has 2 heteroatoms. The standard InChI is InChI=1S/C31H28N2/c1-24-11-13-25(14-12-24)8-5-6-10-30-21-18-28-23-27(17-22-31(28)33-30)9-4-3-7-26-15-19-29(32-2)20-16-26/h3-23,32H,1-2H3/b7-3+,8-5+,9-4+,10-6+. The van der Waals surface area contributed by atoms with Crippen molar-refractivity contribution in [3.8, 4) is 0 Å². The number of anilines is 1. The zero-order valence-corrected chi connectivity index (χ0v) is 19.1. The lowest BCUT2D eigenvalue weighted by atomic mass is 10.1. The van der Waals surface area contributed by atoms with Crippen LogP contribution < -0.4 is 5.32 Å². The molecule has 3 aromatic carbocycles. The molecular weight excluding hydrogens is 400 g/mol. The molecule has 0 aliphatic rings. The molecule has 162 valence electrons. The van der Waals surface area contributed by atoms with Crippen LogP contribution in [0.5, 0.6) is 0 Å². The Morgan fingerprint density at radius 1 is 0.606 bits per heavy atom. The predicted molar refractivity (Wildman–Crippen MR) is 145 cm³/mol. The van der Waals surface area contributed by atoms with Gasteiger partial charge in [-0.15, -0.1) is 0 Å². The number of hydrogen-bond donors (Lipinski definition) is 1. The van der Waals surface area contributed by atoms with Crippen LogP contribution in [0.4, 0.5) is 5.69 Å². The normalized spacial score (nSPS) is 12.1. The summed E-state index contributed by atoms with van der Waals surface area (Å²) >= 11 is 0. The van der Waals surface area contributed by atoms with E-state index in [0.29, 0.717) is 0 Å². The highest BCUT2D eigenvalue weighted by atomic mass is 14.8. The largest absolute Gasteiger partial charge is 0.388 e. The van der Waals surface area contributed by atoms with Crippen molar-refractivity contribution in [2.45, 2.75) is 6.92 Å². The van der Waals surface area contributed by atoms with Crippen molar-refractivity contribution >= 4 is 40.9 Å². The van der Waals surface area contributed by atoms with E-state index in [1.165, 1.54) is 16.7 Å². The maximum atomic E-state index is 4.76. The molecule has 0 spiro atoms. The fraction of sp³-hybridized carbons (Fsp3) is 0.0645. The Bertz CT molecular complexity index is 1320. The van der Waals surface area contributed by atoms with Gasteiger partial charge in [-0.25, -0.2) is 4.98 Å². The van der Waals surface area contributed by atoms with Crippen LogP contribution in [0.25, 0.3) is 35.2 Å². The number of aromatic nitrogens is 1. The molecule has 4 rings (SSSR count). The fourth-order valence-electron chi connectivity index (χ4n) is 3.45. The average molecular weight is 429 g/mol. The van der Waals surface area contributed by atoms with Crippen LogP contribution in [0.1, 0.15) is 27.9 Å². The van der Waals surface area contributed by atoms with E-state index in [1.807, 2.05) is 25.3 Å². The van der Waals surface area contributed by atoms with Gasteiger partial charge < -0.3 is 5.32 Å². The van der Waals surface area contributed by atoms with Crippen molar-refractivity contribution in [1.29, 1.82) is 0 Å². The summed E-state index contributed by atoms with van der Waals surface area (Å²) in [5, 5.41) is 4.27. The quantitative estimate of drug-likeness (QED) is 0.301. The molecule has 0 radical (unpaired) electrons. The average Bonchev–Trinajstić information content (AvgIpc) is 2.86. The molecule has 0 saturated carbocycles. The van der Waals surface area contributed by atoms with E-state index >= 15 is 0 Å². The molecule has 0 unspecified atom stereocenters. The van der Waals surface area contributed by atoms with Crippen molar-refractivity contribution in [2.24, 2.45) is 0 Å². The number of nitrogens with one attached hydrogen (secondary N) is 1. The molecule has 0 fully saturated rings. The van der Waals surface area contributed by atoms with Gasteiger partial charge in [-0.3, -0.25) is 0 Å². The summed E-state index contributed by atoms with van der Waals surface area (Å²) < 4.78 is 0. The summed E-state index contributed by atoms with van der Waals surface area (Å²) in [6, 6.07) is 27.4. The number of nitrogens with zero attached hydrogens (tertiary/aromatic N) is 1. The van der Waals surface area contributed by atoms with Crippen LogP contribution in [0.2, 0.25) is 0 Å². The van der Waals surface area contributed by atoms with Crippen molar-refractivity contribution < 1.29 is 0 Å². The molecule has 0 atom stereocenters. The van der Waals surface area contributed by atoms with Gasteiger partial charge in [0.05, 0.1) is 11.2 Å². The van der Waals surface area contributed by atoms with Gasteiger partial charge in [-0.1, -0.05) is 96.6 Å². The number of fused-ring (bicyclic) bond motifs is 1. The van der Waals surface area contributed by atoms with Crippen LogP contribution in [0.15, 0.2) is 103 Å². The third-order valence-electron chi connectivity index (χ3n) is 5.37. The van der Waals surface area contributed by atoms with Gasteiger partial charge in [0.15, 0.2) is 0 Å². The van der Waals surface area contributed by atoms with Gasteiger partial charge in [0.1, 0.15) is 0 Å². The first-order valence-electron chi connectivity index (χ1n) is 11.1. The van der Waals surface area contributed by atoms with E-state index in [-0.39, 0.29) is 0 Å². The van der Waals surface area contributed by atoms with Gasteiger partial charge in [0.25, 0.3) is 0 Å². The summed E-state index contributed by atoms with van der Waals surface area (Å²) in [4.78, 5) is 4.76. The van der Waals surface area contributed by atoms with E-state index in [1.54, 1.807) is 0 Å². The minimum absolute atomic E-state index is 0.951. The van der Waals surface area contributed by atoms with Crippen LogP contribution >= 0.6 is 0 Å². The molecule has 0 amide bonds. The van der Waals surface area contributed by atoms with E-state index in [9.17, 15) is 0 Å². The smallest absolute Gasteiger partial charge is 0.0709 e. The Morgan fingerprint density at radius 2 is 1.18 bits per heavy atom. The topological polar surface area (TPSA) is 24.9 Å². The maximum Gasteiger partial charge on any atom is 0.0709 e. The first-order chi connectivity index (χ1) is 16.2. The van der Waals surface area contributed by atoms with Crippen LogP contribution in [-0.2, 0) is 0 Å². The van der Waals surface area contributed by atoms with Crippen LogP contribution in [0, 0.1) is 6.92 Å². The Balaban J connectivity index is 1.39. The molecule has 0 saturated heterocycles. The van der Waals surface area contributed by atoms with E-state index in [4.69, 9.17) is 4.98 Å². The molecule has 1 N–H and O–H groups in total. The highest BCUT2D eigenvalue weighted by Crippen LogP contribution is 2.17. The maximum absolute atomic E-state index is 4.76. The summed E-state index contributed by atoms with van der Waals surface area (Å²) in [6.07, 6.45) is 16.6. The third-order valence-corrected chi connectivity index (χ3v) is 5.37. The van der Waals surface area contributed by atoms with Crippen LogP contribution in [-0.4, -0.2) is 12.0 Å². The Kier molecular flexibility index (Phi) is 7.29. The minimum atomic E-state index is 0.951. The third kappa shape index (κ3) is 6.41. The molecule has 0 bridgehead atoms. The molecule has 0 aliphatic heterocycles. The van der Waals surface area contributed by atoms with Crippen molar-refractivity contribution in [1.82, 2.24) is 4.98 Å². The first-order valence-corrected chi connectivity index (χ1v) is 11.1. The minimum Gasteiger partial charge on any atom is -0.388 e. The second kappa shape index (κ2) is 10.9. The van der Waals surface area contributed by atoms with Gasteiger partial charge in [0.2, 0.25) is 0 Å². The summed E-state index contributed by atoms with van der Waals surface area (Å²) in [6.45, 7) is 2.10. The van der Waals surface area contributed by atoms with E-state index in [0.717, 1.165) is 27.8 Å². The zero-order valence-electron chi connectivity index (χ0n) is 19.1. The van der Waals surface area contributed by atoms with Gasteiger partial charge in [-0.2, -0.15) is 0 Å². The van der Waals surface area contributed by atoms with Gasteiger partial charge in [-0.05, 0) is 60.0 Å². The fourth-order valence-corrected chi connectivity index (χ4v) is 3.45. The van der Waals surface area contributed by atoms with Crippen molar-refractivity contribution in [3.63, 3.8) is 0 Å². The van der Waals surface area contributed by atoms with E-state index in [2.05, 4.69) is 121 Å². The Morgan fingerprint density at radius 3 is 1.85 bits per heavy atom. The zero-order chi connectivity index (χ0) is 22.9. The second-order valence-electron chi connectivity index (χ2n) is 7.91. The molecule has 4 aromatic rings. The number of allylic oxidation sites excluding steroid dienone is 4. The van der Waals surface area contributed by atoms with E-state index < -0.39 is 0 Å². The lowest BCUT2D eigenvalue weighted by Gasteiger charge is -2.01. The monoisotopic (exact) mass is 428 g/mol. The lowest BCUT2D eigenvalue weighted by molar-refractivity contribution is 1.37. The number of rotatable bonds is 7. The molecule has 33 heavy (non-hydrogen) atoms. The highest BCUT2D eigenvalue weighted by molar-refractivity contribution is 5.82. The van der Waals surface area contributed by atoms with Crippen LogP contribution in [0.3, 0.4) is 0 Å². The number of hydrogen-bond acceptors (Lipinski definition) is 2. The van der Waals surface area contributed by atoms with Crippen molar-refractivity contribution in [2.75, 3.05) is 12.4 Å². The molecular formula is C31H28N2. The second-order valence-corrected chi connectivity index (χ2v) is 7.91. The molecule has 2 nitrogen and oxygen atoms in total. The Hall–Kier alpha value is -4.17. The number of benzene rings is 3. The highest BCUT2D eigenvalue weighted by Gasteiger charge is 1.97. The number of aryl methyl sites for hydroxylation is 1. The summed E-state index contributed by atoms with van der Waals surface area (Å²) in [5.41, 5.74) is 7.86. The lowest BCUT2D eigenvalue weighted by Crippen LogP contribution is -1.86. The SMILES string of the molecule is CNc1ccc(/C=C/C=C/c2ccc3nc(/C=C/C=C/c4ccc(C)cc4)ccc3c2)cc1. The summed E-state index contributed by atoms with van der Waals surface area (Å²) in [7, 11) is 1.93. The Labute approximate surface area is 196 Å². The molecule has 1 heterocycles. The van der Waals surface area contributed by atoms with Crippen molar-refractivity contribution in [3.05, 3.63) is 131 Å². The first kappa shape index (κ1) is 22.0. The predicted octanol–water partition coefficient (Wildman–Crippen LogP) is 8.04. The van der Waals surface area contributed by atoms with Gasteiger partial charge in [0, 0.05) is 18.1 Å².